The van der Waals surface area contributed by atoms with Crippen LogP contribution in [0.1, 0.15) is 21.6 Å². The second-order valence-corrected chi connectivity index (χ2v) is 6.38. The SMILES string of the molecule is Cc1ccc(F)c(NC(=O)c2cnn(-c3ccc(Br)cc3)c2C)c1. The Balaban J connectivity index is 1.89. The molecule has 0 radical (unpaired) electrons. The van der Waals surface area contributed by atoms with Gasteiger partial charge in [0, 0.05) is 4.47 Å². The van der Waals surface area contributed by atoms with Crippen LogP contribution in [0.3, 0.4) is 0 Å². The number of rotatable bonds is 3. The van der Waals surface area contributed by atoms with E-state index in [1.54, 1.807) is 23.7 Å². The Labute approximate surface area is 147 Å². The molecule has 0 aliphatic rings. The lowest BCUT2D eigenvalue weighted by Crippen LogP contribution is -2.14. The summed E-state index contributed by atoms with van der Waals surface area (Å²) in [5.74, 6) is -0.854. The zero-order chi connectivity index (χ0) is 17.3. The van der Waals surface area contributed by atoms with Crippen molar-refractivity contribution in [2.45, 2.75) is 13.8 Å². The maximum absolute atomic E-state index is 13.8. The van der Waals surface area contributed by atoms with Gasteiger partial charge in [-0.15, -0.1) is 0 Å². The Bertz CT molecular complexity index is 903. The zero-order valence-corrected chi connectivity index (χ0v) is 14.8. The minimum atomic E-state index is -0.466. The van der Waals surface area contributed by atoms with Crippen LogP contribution in [0.15, 0.2) is 53.1 Å². The van der Waals surface area contributed by atoms with E-state index in [-0.39, 0.29) is 11.6 Å². The molecule has 0 atom stereocenters. The first-order chi connectivity index (χ1) is 11.5. The Morgan fingerprint density at radius 2 is 1.88 bits per heavy atom. The molecule has 1 aromatic heterocycles. The Hall–Kier alpha value is -2.47. The lowest BCUT2D eigenvalue weighted by Gasteiger charge is -2.08. The van der Waals surface area contributed by atoms with Crippen molar-refractivity contribution in [3.63, 3.8) is 0 Å². The van der Waals surface area contributed by atoms with Gasteiger partial charge >= 0.3 is 0 Å². The Kier molecular flexibility index (Phi) is 4.49. The summed E-state index contributed by atoms with van der Waals surface area (Å²) >= 11 is 3.39. The minimum absolute atomic E-state index is 0.163. The van der Waals surface area contributed by atoms with E-state index < -0.39 is 5.82 Å². The van der Waals surface area contributed by atoms with Crippen molar-refractivity contribution in [3.05, 3.63) is 75.8 Å². The van der Waals surface area contributed by atoms with Gasteiger partial charge in [0.25, 0.3) is 5.91 Å². The van der Waals surface area contributed by atoms with Gasteiger partial charge in [-0.1, -0.05) is 22.0 Å². The number of nitrogens with zero attached hydrogens (tertiary/aromatic N) is 2. The minimum Gasteiger partial charge on any atom is -0.319 e. The number of hydrogen-bond acceptors (Lipinski definition) is 2. The highest BCUT2D eigenvalue weighted by Crippen LogP contribution is 2.20. The lowest BCUT2D eigenvalue weighted by atomic mass is 10.2. The lowest BCUT2D eigenvalue weighted by molar-refractivity contribution is 0.102. The molecule has 0 aliphatic heterocycles. The summed E-state index contributed by atoms with van der Waals surface area (Å²) in [5.41, 5.74) is 2.96. The number of aromatic nitrogens is 2. The molecule has 0 bridgehead atoms. The first kappa shape index (κ1) is 16.4. The molecule has 122 valence electrons. The predicted octanol–water partition coefficient (Wildman–Crippen LogP) is 4.64. The summed E-state index contributed by atoms with van der Waals surface area (Å²) in [7, 11) is 0. The summed E-state index contributed by atoms with van der Waals surface area (Å²) in [6, 6.07) is 12.2. The maximum Gasteiger partial charge on any atom is 0.259 e. The molecule has 0 unspecified atom stereocenters. The van der Waals surface area contributed by atoms with Crippen LogP contribution in [-0.2, 0) is 0 Å². The summed E-state index contributed by atoms with van der Waals surface area (Å²) in [5, 5.41) is 6.87. The van der Waals surface area contributed by atoms with Crippen LogP contribution in [0.4, 0.5) is 10.1 Å². The monoisotopic (exact) mass is 387 g/mol. The molecular formula is C18H15BrFN3O. The van der Waals surface area contributed by atoms with Gasteiger partial charge in [0.05, 0.1) is 28.8 Å². The Morgan fingerprint density at radius 1 is 1.17 bits per heavy atom. The van der Waals surface area contributed by atoms with E-state index in [0.717, 1.165) is 15.7 Å². The number of carbonyl (C=O) groups is 1. The van der Waals surface area contributed by atoms with Gasteiger partial charge in [-0.2, -0.15) is 5.10 Å². The third-order valence-corrected chi connectivity index (χ3v) is 4.22. The van der Waals surface area contributed by atoms with Crippen LogP contribution in [0, 0.1) is 19.7 Å². The summed E-state index contributed by atoms with van der Waals surface area (Å²) in [4.78, 5) is 12.5. The molecule has 3 rings (SSSR count). The Morgan fingerprint density at radius 3 is 2.58 bits per heavy atom. The highest BCUT2D eigenvalue weighted by atomic mass is 79.9. The van der Waals surface area contributed by atoms with Crippen LogP contribution in [0.5, 0.6) is 0 Å². The first-order valence-corrected chi connectivity index (χ1v) is 8.13. The third kappa shape index (κ3) is 3.23. The van der Waals surface area contributed by atoms with E-state index >= 15 is 0 Å². The van der Waals surface area contributed by atoms with Crippen molar-refractivity contribution < 1.29 is 9.18 Å². The standard InChI is InChI=1S/C18H15BrFN3O/c1-11-3-8-16(20)17(9-11)22-18(24)15-10-21-23(12(15)2)14-6-4-13(19)5-7-14/h3-10H,1-2H3,(H,22,24). The molecule has 24 heavy (non-hydrogen) atoms. The second-order valence-electron chi connectivity index (χ2n) is 5.47. The summed E-state index contributed by atoms with van der Waals surface area (Å²) in [6.07, 6.45) is 1.49. The molecule has 1 heterocycles. The quantitative estimate of drug-likeness (QED) is 0.711. The molecule has 3 aromatic rings. The molecule has 0 saturated heterocycles. The third-order valence-electron chi connectivity index (χ3n) is 3.70. The zero-order valence-electron chi connectivity index (χ0n) is 13.2. The maximum atomic E-state index is 13.8. The van der Waals surface area contributed by atoms with Crippen molar-refractivity contribution in [1.29, 1.82) is 0 Å². The molecule has 0 aliphatic carbocycles. The fourth-order valence-electron chi connectivity index (χ4n) is 2.40. The number of amides is 1. The van der Waals surface area contributed by atoms with Crippen LogP contribution >= 0.6 is 15.9 Å². The molecule has 0 spiro atoms. The number of anilines is 1. The van der Waals surface area contributed by atoms with Gasteiger partial charge in [0.2, 0.25) is 0 Å². The number of hydrogen-bond donors (Lipinski definition) is 1. The second kappa shape index (κ2) is 6.57. The van der Waals surface area contributed by atoms with Crippen molar-refractivity contribution in [2.24, 2.45) is 0 Å². The molecule has 0 saturated carbocycles. The van der Waals surface area contributed by atoms with Gasteiger partial charge in [0.1, 0.15) is 5.82 Å². The largest absolute Gasteiger partial charge is 0.319 e. The van der Waals surface area contributed by atoms with E-state index in [4.69, 9.17) is 0 Å². The van der Waals surface area contributed by atoms with E-state index in [9.17, 15) is 9.18 Å². The molecule has 6 heteroatoms. The van der Waals surface area contributed by atoms with Gasteiger partial charge in [0.15, 0.2) is 0 Å². The normalized spacial score (nSPS) is 10.7. The number of carbonyl (C=O) groups excluding carboxylic acids is 1. The number of nitrogens with one attached hydrogen (secondary N) is 1. The average molecular weight is 388 g/mol. The molecule has 4 nitrogen and oxygen atoms in total. The molecule has 1 N–H and O–H groups in total. The number of halogens is 2. The number of benzene rings is 2. The van der Waals surface area contributed by atoms with Crippen molar-refractivity contribution >= 4 is 27.5 Å². The van der Waals surface area contributed by atoms with Crippen molar-refractivity contribution in [2.75, 3.05) is 5.32 Å². The summed E-state index contributed by atoms with van der Waals surface area (Å²) < 4.78 is 16.5. The van der Waals surface area contributed by atoms with E-state index in [1.807, 2.05) is 31.2 Å². The molecule has 0 fully saturated rings. The van der Waals surface area contributed by atoms with Crippen LogP contribution in [-0.4, -0.2) is 15.7 Å². The van der Waals surface area contributed by atoms with Gasteiger partial charge < -0.3 is 5.32 Å². The summed E-state index contributed by atoms with van der Waals surface area (Å²) in [6.45, 7) is 3.64. The predicted molar refractivity (Wildman–Crippen MR) is 95.1 cm³/mol. The number of aryl methyl sites for hydroxylation is 1. The van der Waals surface area contributed by atoms with Gasteiger partial charge in [-0.25, -0.2) is 9.07 Å². The molecule has 1 amide bonds. The van der Waals surface area contributed by atoms with Crippen LogP contribution in [0.25, 0.3) is 5.69 Å². The highest BCUT2D eigenvalue weighted by Gasteiger charge is 2.16. The van der Waals surface area contributed by atoms with E-state index in [1.165, 1.54) is 12.3 Å². The smallest absolute Gasteiger partial charge is 0.259 e. The van der Waals surface area contributed by atoms with Gasteiger partial charge in [-0.05, 0) is 55.8 Å². The first-order valence-electron chi connectivity index (χ1n) is 7.34. The topological polar surface area (TPSA) is 46.9 Å². The fourth-order valence-corrected chi connectivity index (χ4v) is 2.66. The van der Waals surface area contributed by atoms with E-state index in [2.05, 4.69) is 26.3 Å². The van der Waals surface area contributed by atoms with Crippen LogP contribution in [0.2, 0.25) is 0 Å². The van der Waals surface area contributed by atoms with Crippen molar-refractivity contribution in [1.82, 2.24) is 9.78 Å². The molecule has 2 aromatic carbocycles. The average Bonchev–Trinajstić information content (AvgIpc) is 2.93. The molecular weight excluding hydrogens is 373 g/mol. The van der Waals surface area contributed by atoms with Crippen molar-refractivity contribution in [3.8, 4) is 5.69 Å². The van der Waals surface area contributed by atoms with Gasteiger partial charge in [-0.3, -0.25) is 4.79 Å². The van der Waals surface area contributed by atoms with E-state index in [0.29, 0.717) is 11.3 Å². The van der Waals surface area contributed by atoms with Crippen LogP contribution < -0.4 is 5.32 Å². The fraction of sp³-hybridized carbons (Fsp3) is 0.111. The highest BCUT2D eigenvalue weighted by molar-refractivity contribution is 9.10.